The minimum Gasteiger partial charge on any atom is -0.284 e. The molecule has 1 radical (unpaired) electrons. The topological polar surface area (TPSA) is 14.1 Å². The number of benzene rings is 1. The zero-order valence-electron chi connectivity index (χ0n) is 8.64. The van der Waals surface area contributed by atoms with E-state index in [4.69, 9.17) is 11.6 Å². The van der Waals surface area contributed by atoms with Gasteiger partial charge in [-0.05, 0) is 12.1 Å². The lowest BCUT2D eigenvalue weighted by Gasteiger charge is -2.16. The molecule has 0 aliphatic heterocycles. The van der Waals surface area contributed by atoms with Gasteiger partial charge in [0.05, 0.1) is 13.1 Å². The van der Waals surface area contributed by atoms with Gasteiger partial charge in [0, 0.05) is 6.17 Å². The van der Waals surface area contributed by atoms with Crippen LogP contribution >= 0.6 is 11.6 Å². The van der Waals surface area contributed by atoms with E-state index >= 15 is 0 Å². The average molecular weight is 231 g/mol. The van der Waals surface area contributed by atoms with E-state index in [0.717, 1.165) is 0 Å². The van der Waals surface area contributed by atoms with E-state index < -0.39 is 8.07 Å². The standard InChI is InChI=1S/C10H14ClFNSi/c1-14(2,3)7-13-10-8(11)5-4-6-9(10)12/h4-6H,7H2,1-3H3. The van der Waals surface area contributed by atoms with Gasteiger partial charge in [-0.3, -0.25) is 5.32 Å². The number of halogens is 2. The first-order valence-corrected chi connectivity index (χ1v) is 8.60. The summed E-state index contributed by atoms with van der Waals surface area (Å²) >= 11 is 5.84. The fourth-order valence-electron chi connectivity index (χ4n) is 0.956. The molecule has 0 aromatic heterocycles. The highest BCUT2D eigenvalue weighted by atomic mass is 35.5. The van der Waals surface area contributed by atoms with Gasteiger partial charge in [0.1, 0.15) is 11.5 Å². The molecule has 0 aliphatic rings. The maximum atomic E-state index is 13.3. The molecular weight excluding hydrogens is 217 g/mol. The van der Waals surface area contributed by atoms with Gasteiger partial charge in [-0.25, -0.2) is 4.39 Å². The number of hydrogen-bond donors (Lipinski definition) is 0. The molecule has 14 heavy (non-hydrogen) atoms. The maximum absolute atomic E-state index is 13.3. The van der Waals surface area contributed by atoms with E-state index in [0.29, 0.717) is 16.9 Å². The van der Waals surface area contributed by atoms with Crippen LogP contribution in [0.2, 0.25) is 24.7 Å². The fraction of sp³-hybridized carbons (Fsp3) is 0.400. The summed E-state index contributed by atoms with van der Waals surface area (Å²) in [5.74, 6) is -0.337. The number of para-hydroxylation sites is 1. The van der Waals surface area contributed by atoms with Gasteiger partial charge in [-0.2, -0.15) is 0 Å². The normalized spacial score (nSPS) is 11.5. The molecule has 1 nitrogen and oxygen atoms in total. The van der Waals surface area contributed by atoms with Gasteiger partial charge < -0.3 is 0 Å². The summed E-state index contributed by atoms with van der Waals surface area (Å²) in [5.41, 5.74) is 0.302. The smallest absolute Gasteiger partial charge is 0.149 e. The van der Waals surface area contributed by atoms with E-state index in [1.165, 1.54) is 6.07 Å². The maximum Gasteiger partial charge on any atom is 0.149 e. The second-order valence-electron chi connectivity index (χ2n) is 4.45. The van der Waals surface area contributed by atoms with Gasteiger partial charge in [0.2, 0.25) is 0 Å². The molecule has 0 aliphatic carbocycles. The van der Waals surface area contributed by atoms with Crippen LogP contribution in [-0.2, 0) is 0 Å². The molecule has 0 saturated carbocycles. The van der Waals surface area contributed by atoms with Crippen LogP contribution in [0, 0.1) is 5.82 Å². The van der Waals surface area contributed by atoms with Crippen LogP contribution in [0.15, 0.2) is 18.2 Å². The van der Waals surface area contributed by atoms with Crippen molar-refractivity contribution in [3.05, 3.63) is 29.0 Å². The van der Waals surface area contributed by atoms with Crippen LogP contribution < -0.4 is 5.32 Å². The Morgan fingerprint density at radius 2 is 2.00 bits per heavy atom. The van der Waals surface area contributed by atoms with E-state index in [-0.39, 0.29) is 5.82 Å². The Balaban J connectivity index is 2.77. The summed E-state index contributed by atoms with van der Waals surface area (Å²) < 4.78 is 13.3. The molecule has 0 saturated heterocycles. The Bertz CT molecular complexity index is 302. The van der Waals surface area contributed by atoms with E-state index in [1.54, 1.807) is 12.1 Å². The first-order chi connectivity index (χ1) is 6.40. The van der Waals surface area contributed by atoms with Crippen molar-refractivity contribution >= 4 is 25.4 Å². The van der Waals surface area contributed by atoms with Crippen molar-refractivity contribution in [2.75, 3.05) is 6.17 Å². The third kappa shape index (κ3) is 3.31. The lowest BCUT2D eigenvalue weighted by atomic mass is 10.3. The Morgan fingerprint density at radius 3 is 2.50 bits per heavy atom. The molecule has 77 valence electrons. The summed E-state index contributed by atoms with van der Waals surface area (Å²) in [6.07, 6.45) is 0.702. The second kappa shape index (κ2) is 4.32. The Labute approximate surface area is 90.3 Å². The van der Waals surface area contributed by atoms with E-state index in [1.807, 2.05) is 0 Å². The van der Waals surface area contributed by atoms with Crippen LogP contribution in [0.3, 0.4) is 0 Å². The van der Waals surface area contributed by atoms with Crippen molar-refractivity contribution in [2.45, 2.75) is 19.6 Å². The highest BCUT2D eigenvalue weighted by molar-refractivity contribution is 6.76. The zero-order valence-corrected chi connectivity index (χ0v) is 10.4. The van der Waals surface area contributed by atoms with Gasteiger partial charge in [-0.15, -0.1) is 0 Å². The van der Waals surface area contributed by atoms with Crippen molar-refractivity contribution in [1.82, 2.24) is 5.32 Å². The third-order valence-electron chi connectivity index (χ3n) is 1.65. The van der Waals surface area contributed by atoms with Gasteiger partial charge >= 0.3 is 0 Å². The van der Waals surface area contributed by atoms with E-state index in [9.17, 15) is 4.39 Å². The number of hydrogen-bond acceptors (Lipinski definition) is 0. The monoisotopic (exact) mass is 230 g/mol. The molecular formula is C10H14ClFNSi. The summed E-state index contributed by atoms with van der Waals surface area (Å²) in [6, 6.07) is 4.63. The second-order valence-corrected chi connectivity index (χ2v) is 10.3. The average Bonchev–Trinajstić information content (AvgIpc) is 2.01. The predicted molar refractivity (Wildman–Crippen MR) is 61.4 cm³/mol. The lowest BCUT2D eigenvalue weighted by molar-refractivity contribution is 0.621. The van der Waals surface area contributed by atoms with Crippen molar-refractivity contribution in [3.8, 4) is 0 Å². The molecule has 0 N–H and O–H groups in total. The van der Waals surface area contributed by atoms with Crippen LogP contribution in [0.25, 0.3) is 0 Å². The highest BCUT2D eigenvalue weighted by Crippen LogP contribution is 2.25. The van der Waals surface area contributed by atoms with Crippen LogP contribution in [0.5, 0.6) is 0 Å². The first kappa shape index (κ1) is 11.5. The molecule has 0 amide bonds. The minimum atomic E-state index is -1.28. The fourth-order valence-corrected chi connectivity index (χ4v) is 1.81. The molecule has 4 heteroatoms. The van der Waals surface area contributed by atoms with Crippen molar-refractivity contribution in [3.63, 3.8) is 0 Å². The molecule has 0 spiro atoms. The number of nitrogens with zero attached hydrogens (tertiary/aromatic N) is 1. The van der Waals surface area contributed by atoms with Gasteiger partial charge in [-0.1, -0.05) is 37.3 Å². The zero-order chi connectivity index (χ0) is 10.8. The molecule has 0 heterocycles. The summed E-state index contributed by atoms with van der Waals surface area (Å²) in [4.78, 5) is 0. The van der Waals surface area contributed by atoms with Gasteiger partial charge in [0.25, 0.3) is 0 Å². The first-order valence-electron chi connectivity index (χ1n) is 4.52. The lowest BCUT2D eigenvalue weighted by Crippen LogP contribution is -2.31. The van der Waals surface area contributed by atoms with Crippen molar-refractivity contribution < 1.29 is 4.39 Å². The van der Waals surface area contributed by atoms with Crippen LogP contribution in [0.4, 0.5) is 10.1 Å². The Morgan fingerprint density at radius 1 is 1.36 bits per heavy atom. The van der Waals surface area contributed by atoms with Crippen LogP contribution in [-0.4, -0.2) is 14.2 Å². The van der Waals surface area contributed by atoms with Gasteiger partial charge in [0.15, 0.2) is 0 Å². The van der Waals surface area contributed by atoms with Crippen LogP contribution in [0.1, 0.15) is 0 Å². The molecule has 0 bridgehead atoms. The SMILES string of the molecule is C[Si](C)(C)C[N]c1c(F)cccc1Cl. The summed E-state index contributed by atoms with van der Waals surface area (Å²) in [7, 11) is -1.28. The summed E-state index contributed by atoms with van der Waals surface area (Å²) in [6.45, 7) is 6.56. The van der Waals surface area contributed by atoms with Crippen molar-refractivity contribution in [1.29, 1.82) is 0 Å². The third-order valence-corrected chi connectivity index (χ3v) is 3.06. The number of rotatable bonds is 3. The highest BCUT2D eigenvalue weighted by Gasteiger charge is 2.16. The summed E-state index contributed by atoms with van der Waals surface area (Å²) in [5, 5.41) is 4.62. The molecule has 1 rings (SSSR count). The molecule has 0 atom stereocenters. The quantitative estimate of drug-likeness (QED) is 0.705. The van der Waals surface area contributed by atoms with E-state index in [2.05, 4.69) is 25.0 Å². The largest absolute Gasteiger partial charge is 0.284 e. The van der Waals surface area contributed by atoms with Crippen molar-refractivity contribution in [2.24, 2.45) is 0 Å². The molecule has 0 unspecified atom stereocenters. The minimum absolute atomic E-state index is 0.302. The molecule has 1 aromatic carbocycles. The molecule has 0 fully saturated rings. The Hall–Kier alpha value is -0.543. The predicted octanol–water partition coefficient (Wildman–Crippen LogP) is 3.59. The Kier molecular flexibility index (Phi) is 3.56. The molecule has 1 aromatic rings.